The lowest BCUT2D eigenvalue weighted by molar-refractivity contribution is -0.145. The highest BCUT2D eigenvalue weighted by atomic mass is 19.3. The van der Waals surface area contributed by atoms with Gasteiger partial charge in [0.15, 0.2) is 0 Å². The second-order valence-corrected chi connectivity index (χ2v) is 3.56. The summed E-state index contributed by atoms with van der Waals surface area (Å²) in [7, 11) is 1.57. The van der Waals surface area contributed by atoms with Gasteiger partial charge in [0.1, 0.15) is 5.92 Å². The average molecular weight is 191 g/mol. The maximum absolute atomic E-state index is 13.1. The predicted molar refractivity (Wildman–Crippen MR) is 45.6 cm³/mol. The molecule has 0 spiro atoms. The van der Waals surface area contributed by atoms with Gasteiger partial charge in [0, 0.05) is 20.0 Å². The molecule has 13 heavy (non-hydrogen) atoms. The van der Waals surface area contributed by atoms with Crippen molar-refractivity contribution in [1.29, 1.82) is 0 Å². The lowest BCUT2D eigenvalue weighted by Crippen LogP contribution is -2.39. The van der Waals surface area contributed by atoms with Gasteiger partial charge in [-0.3, -0.25) is 4.79 Å². The average Bonchev–Trinajstić information content (AvgIpc) is 2.42. The van der Waals surface area contributed by atoms with Crippen LogP contribution >= 0.6 is 0 Å². The van der Waals surface area contributed by atoms with Crippen LogP contribution in [0.4, 0.5) is 8.78 Å². The third kappa shape index (κ3) is 1.98. The van der Waals surface area contributed by atoms with Crippen molar-refractivity contribution in [3.8, 4) is 0 Å². The van der Waals surface area contributed by atoms with Gasteiger partial charge >= 0.3 is 0 Å². The molecule has 1 unspecified atom stereocenters. The smallest absolute Gasteiger partial charge is 0.259 e. The van der Waals surface area contributed by atoms with Gasteiger partial charge in [0.05, 0.1) is 0 Å². The van der Waals surface area contributed by atoms with Crippen LogP contribution < -0.4 is 0 Å². The van der Waals surface area contributed by atoms with E-state index in [1.54, 1.807) is 14.0 Å². The standard InChI is InChI=1S/C9H15F2NO/c1-3-12(2)8(13)7-5-4-6-9(7,10)11/h7H,3-6H2,1-2H3. The van der Waals surface area contributed by atoms with E-state index in [4.69, 9.17) is 0 Å². The van der Waals surface area contributed by atoms with Gasteiger partial charge in [0.2, 0.25) is 5.91 Å². The molecule has 1 amide bonds. The second kappa shape index (κ2) is 3.60. The summed E-state index contributed by atoms with van der Waals surface area (Å²) in [6, 6.07) is 0. The normalized spacial score (nSPS) is 26.0. The lowest BCUT2D eigenvalue weighted by atomic mass is 10.0. The summed E-state index contributed by atoms with van der Waals surface area (Å²) in [6.07, 6.45) is 0.651. The van der Waals surface area contributed by atoms with E-state index in [1.165, 1.54) is 4.90 Å². The molecular weight excluding hydrogens is 176 g/mol. The molecule has 1 fully saturated rings. The summed E-state index contributed by atoms with van der Waals surface area (Å²) in [5, 5.41) is 0. The highest BCUT2D eigenvalue weighted by Gasteiger charge is 2.48. The SMILES string of the molecule is CCN(C)C(=O)C1CCCC1(F)F. The van der Waals surface area contributed by atoms with Crippen molar-refractivity contribution < 1.29 is 13.6 Å². The Hall–Kier alpha value is -0.670. The molecule has 76 valence electrons. The van der Waals surface area contributed by atoms with Crippen LogP contribution in [0.2, 0.25) is 0 Å². The van der Waals surface area contributed by atoms with Crippen LogP contribution in [0.5, 0.6) is 0 Å². The highest BCUT2D eigenvalue weighted by Crippen LogP contribution is 2.41. The summed E-state index contributed by atoms with van der Waals surface area (Å²) in [5.74, 6) is -4.26. The molecule has 0 aromatic heterocycles. The minimum absolute atomic E-state index is 0.138. The molecule has 0 radical (unpaired) electrons. The molecule has 0 aromatic rings. The number of carbonyl (C=O) groups is 1. The van der Waals surface area contributed by atoms with Crippen molar-refractivity contribution >= 4 is 5.91 Å². The van der Waals surface area contributed by atoms with Crippen molar-refractivity contribution in [2.24, 2.45) is 5.92 Å². The van der Waals surface area contributed by atoms with Crippen LogP contribution in [0.25, 0.3) is 0 Å². The zero-order valence-electron chi connectivity index (χ0n) is 8.02. The molecule has 0 bridgehead atoms. The Morgan fingerprint density at radius 2 is 2.23 bits per heavy atom. The number of hydrogen-bond donors (Lipinski definition) is 0. The van der Waals surface area contributed by atoms with Crippen molar-refractivity contribution in [3.63, 3.8) is 0 Å². The molecule has 0 N–H and O–H groups in total. The fourth-order valence-electron chi connectivity index (χ4n) is 1.65. The largest absolute Gasteiger partial charge is 0.346 e. The number of halogens is 2. The van der Waals surface area contributed by atoms with Gasteiger partial charge < -0.3 is 4.90 Å². The Balaban J connectivity index is 2.66. The van der Waals surface area contributed by atoms with Crippen molar-refractivity contribution in [3.05, 3.63) is 0 Å². The lowest BCUT2D eigenvalue weighted by Gasteiger charge is -2.23. The van der Waals surface area contributed by atoms with Crippen LogP contribution in [-0.4, -0.2) is 30.3 Å². The number of amides is 1. The van der Waals surface area contributed by atoms with Crippen LogP contribution in [0.1, 0.15) is 26.2 Å². The molecule has 1 aliphatic rings. The number of rotatable bonds is 2. The number of nitrogens with zero attached hydrogens (tertiary/aromatic N) is 1. The molecule has 0 saturated heterocycles. The van der Waals surface area contributed by atoms with Gasteiger partial charge in [-0.05, 0) is 19.8 Å². The molecule has 1 aliphatic carbocycles. The first-order valence-corrected chi connectivity index (χ1v) is 4.62. The van der Waals surface area contributed by atoms with Gasteiger partial charge in [-0.2, -0.15) is 0 Å². The molecule has 1 rings (SSSR count). The van der Waals surface area contributed by atoms with Gasteiger partial charge in [-0.1, -0.05) is 0 Å². The van der Waals surface area contributed by atoms with E-state index in [9.17, 15) is 13.6 Å². The van der Waals surface area contributed by atoms with E-state index >= 15 is 0 Å². The molecule has 1 saturated carbocycles. The van der Waals surface area contributed by atoms with Crippen LogP contribution in [-0.2, 0) is 4.79 Å². The monoisotopic (exact) mass is 191 g/mol. The number of hydrogen-bond acceptors (Lipinski definition) is 1. The summed E-state index contributed by atoms with van der Waals surface area (Å²) in [4.78, 5) is 12.8. The summed E-state index contributed by atoms with van der Waals surface area (Å²) < 4.78 is 26.2. The van der Waals surface area contributed by atoms with E-state index in [1.807, 2.05) is 0 Å². The molecule has 0 heterocycles. The minimum Gasteiger partial charge on any atom is -0.346 e. The first-order chi connectivity index (χ1) is 5.99. The first-order valence-electron chi connectivity index (χ1n) is 4.62. The Kier molecular flexibility index (Phi) is 2.88. The minimum atomic E-state index is -2.78. The fraction of sp³-hybridized carbons (Fsp3) is 0.889. The molecule has 0 aromatic carbocycles. The Morgan fingerprint density at radius 3 is 2.62 bits per heavy atom. The van der Waals surface area contributed by atoms with Crippen molar-refractivity contribution in [1.82, 2.24) is 4.90 Å². The van der Waals surface area contributed by atoms with E-state index in [0.29, 0.717) is 19.4 Å². The Morgan fingerprint density at radius 1 is 1.62 bits per heavy atom. The van der Waals surface area contributed by atoms with Gasteiger partial charge in [-0.25, -0.2) is 8.78 Å². The maximum Gasteiger partial charge on any atom is 0.259 e. The molecule has 1 atom stereocenters. The Labute approximate surface area is 76.9 Å². The van der Waals surface area contributed by atoms with Crippen molar-refractivity contribution in [2.45, 2.75) is 32.1 Å². The van der Waals surface area contributed by atoms with Gasteiger partial charge in [0.25, 0.3) is 5.92 Å². The third-order valence-corrected chi connectivity index (χ3v) is 2.66. The number of alkyl halides is 2. The van der Waals surface area contributed by atoms with E-state index < -0.39 is 17.7 Å². The Bertz CT molecular complexity index is 206. The summed E-state index contributed by atoms with van der Waals surface area (Å²) in [6.45, 7) is 2.27. The molecule has 0 aliphatic heterocycles. The first kappa shape index (κ1) is 10.4. The fourth-order valence-corrected chi connectivity index (χ4v) is 1.65. The maximum atomic E-state index is 13.1. The van der Waals surface area contributed by atoms with Crippen LogP contribution in [0, 0.1) is 5.92 Å². The molecule has 4 heteroatoms. The quantitative estimate of drug-likeness (QED) is 0.652. The summed E-state index contributed by atoms with van der Waals surface area (Å²) >= 11 is 0. The highest BCUT2D eigenvalue weighted by molar-refractivity contribution is 5.79. The van der Waals surface area contributed by atoms with Crippen LogP contribution in [0.3, 0.4) is 0 Å². The second-order valence-electron chi connectivity index (χ2n) is 3.56. The predicted octanol–water partition coefficient (Wildman–Crippen LogP) is 1.90. The molecular formula is C9H15F2NO. The number of carbonyl (C=O) groups excluding carboxylic acids is 1. The summed E-state index contributed by atoms with van der Waals surface area (Å²) in [5.41, 5.74) is 0. The molecule has 2 nitrogen and oxygen atoms in total. The zero-order valence-corrected chi connectivity index (χ0v) is 8.02. The van der Waals surface area contributed by atoms with Gasteiger partial charge in [-0.15, -0.1) is 0 Å². The van der Waals surface area contributed by atoms with E-state index in [2.05, 4.69) is 0 Å². The van der Waals surface area contributed by atoms with E-state index in [0.717, 1.165) is 0 Å². The van der Waals surface area contributed by atoms with Crippen molar-refractivity contribution in [2.75, 3.05) is 13.6 Å². The zero-order chi connectivity index (χ0) is 10.1. The third-order valence-electron chi connectivity index (χ3n) is 2.66. The topological polar surface area (TPSA) is 20.3 Å². The van der Waals surface area contributed by atoms with E-state index in [-0.39, 0.29) is 6.42 Å². The van der Waals surface area contributed by atoms with Crippen LogP contribution in [0.15, 0.2) is 0 Å².